The van der Waals surface area contributed by atoms with E-state index in [9.17, 15) is 19.2 Å². The molecule has 0 spiro atoms. The lowest BCUT2D eigenvalue weighted by Gasteiger charge is -2.13. The average Bonchev–Trinajstić information content (AvgIpc) is 2.71. The van der Waals surface area contributed by atoms with Gasteiger partial charge in [-0.2, -0.15) is 0 Å². The molecule has 0 saturated carbocycles. The predicted octanol–water partition coefficient (Wildman–Crippen LogP) is 0.0599. The summed E-state index contributed by atoms with van der Waals surface area (Å²) in [6, 6.07) is 6.31. The zero-order valence-electron chi connectivity index (χ0n) is 11.2. The number of benzene rings is 1. The molecule has 110 valence electrons. The van der Waals surface area contributed by atoms with Crippen molar-refractivity contribution in [1.82, 2.24) is 15.8 Å². The van der Waals surface area contributed by atoms with Crippen LogP contribution in [-0.2, 0) is 9.53 Å². The van der Waals surface area contributed by atoms with Gasteiger partial charge in [0.05, 0.1) is 17.7 Å². The van der Waals surface area contributed by atoms with Crippen LogP contribution in [0.15, 0.2) is 24.3 Å². The second-order valence-corrected chi connectivity index (χ2v) is 4.14. The Bertz CT molecular complexity index is 579. The van der Waals surface area contributed by atoms with Crippen LogP contribution < -0.4 is 10.9 Å². The molecular formula is C13H13N3O5. The van der Waals surface area contributed by atoms with E-state index < -0.39 is 30.4 Å². The molecule has 1 aromatic carbocycles. The fourth-order valence-corrected chi connectivity index (χ4v) is 1.85. The van der Waals surface area contributed by atoms with Gasteiger partial charge in [-0.1, -0.05) is 12.1 Å². The van der Waals surface area contributed by atoms with Crippen LogP contribution in [0.5, 0.6) is 0 Å². The van der Waals surface area contributed by atoms with Crippen LogP contribution in [-0.4, -0.2) is 41.9 Å². The molecule has 4 amide bonds. The Morgan fingerprint density at radius 1 is 1.10 bits per heavy atom. The molecule has 0 atom stereocenters. The molecule has 1 aliphatic rings. The van der Waals surface area contributed by atoms with Gasteiger partial charge in [0, 0.05) is 0 Å². The van der Waals surface area contributed by atoms with Gasteiger partial charge >= 0.3 is 6.09 Å². The number of amides is 4. The van der Waals surface area contributed by atoms with Crippen LogP contribution in [0.1, 0.15) is 27.6 Å². The molecule has 0 aromatic heterocycles. The average molecular weight is 291 g/mol. The lowest BCUT2D eigenvalue weighted by molar-refractivity contribution is -0.122. The quantitative estimate of drug-likeness (QED) is 0.605. The van der Waals surface area contributed by atoms with E-state index in [1.165, 1.54) is 12.1 Å². The highest BCUT2D eigenvalue weighted by Crippen LogP contribution is 2.21. The predicted molar refractivity (Wildman–Crippen MR) is 70.1 cm³/mol. The van der Waals surface area contributed by atoms with Crippen molar-refractivity contribution in [3.8, 4) is 0 Å². The second kappa shape index (κ2) is 6.04. The van der Waals surface area contributed by atoms with Crippen molar-refractivity contribution in [2.75, 3.05) is 13.2 Å². The van der Waals surface area contributed by atoms with Crippen LogP contribution in [0.4, 0.5) is 4.79 Å². The van der Waals surface area contributed by atoms with Gasteiger partial charge in [0.1, 0.15) is 6.54 Å². The number of nitrogens with zero attached hydrogens (tertiary/aromatic N) is 1. The van der Waals surface area contributed by atoms with Gasteiger partial charge in [0.25, 0.3) is 17.7 Å². The lowest BCUT2D eigenvalue weighted by Crippen LogP contribution is -2.47. The van der Waals surface area contributed by atoms with Gasteiger partial charge in [-0.15, -0.1) is 0 Å². The van der Waals surface area contributed by atoms with E-state index in [0.29, 0.717) is 0 Å². The van der Waals surface area contributed by atoms with E-state index in [4.69, 9.17) is 0 Å². The minimum absolute atomic E-state index is 0.153. The number of imide groups is 1. The summed E-state index contributed by atoms with van der Waals surface area (Å²) in [5, 5.41) is 0. The van der Waals surface area contributed by atoms with Crippen LogP contribution >= 0.6 is 0 Å². The molecule has 2 N–H and O–H groups in total. The molecule has 8 nitrogen and oxygen atoms in total. The SMILES string of the molecule is CCOC(=O)NNC(=O)CN1C(=O)c2ccccc2C1=O. The van der Waals surface area contributed by atoms with E-state index in [2.05, 4.69) is 10.2 Å². The number of fused-ring (bicyclic) bond motifs is 1. The van der Waals surface area contributed by atoms with E-state index in [0.717, 1.165) is 4.90 Å². The first-order valence-corrected chi connectivity index (χ1v) is 6.21. The second-order valence-electron chi connectivity index (χ2n) is 4.14. The first kappa shape index (κ1) is 14.5. The van der Waals surface area contributed by atoms with Crippen molar-refractivity contribution in [2.24, 2.45) is 0 Å². The standard InChI is InChI=1S/C13H13N3O5/c1-2-21-13(20)15-14-10(17)7-16-11(18)8-5-3-4-6-9(8)12(16)19/h3-6H,2,7H2,1H3,(H,14,17)(H,15,20). The zero-order valence-corrected chi connectivity index (χ0v) is 11.2. The van der Waals surface area contributed by atoms with Crippen LogP contribution in [0.3, 0.4) is 0 Å². The first-order valence-electron chi connectivity index (χ1n) is 6.21. The van der Waals surface area contributed by atoms with Crippen LogP contribution in [0.2, 0.25) is 0 Å². The first-order chi connectivity index (χ1) is 10.0. The highest BCUT2D eigenvalue weighted by Gasteiger charge is 2.36. The zero-order chi connectivity index (χ0) is 15.4. The molecule has 1 aliphatic heterocycles. The molecule has 1 heterocycles. The number of carbonyl (C=O) groups excluding carboxylic acids is 4. The number of hydrogen-bond acceptors (Lipinski definition) is 5. The number of hydrogen-bond donors (Lipinski definition) is 2. The van der Waals surface area contributed by atoms with E-state index >= 15 is 0 Å². The highest BCUT2D eigenvalue weighted by molar-refractivity contribution is 6.22. The summed E-state index contributed by atoms with van der Waals surface area (Å²) in [4.78, 5) is 47.4. The highest BCUT2D eigenvalue weighted by atomic mass is 16.5. The minimum atomic E-state index is -0.826. The summed E-state index contributed by atoms with van der Waals surface area (Å²) in [5.41, 5.74) is 4.57. The Labute approximate surface area is 120 Å². The molecule has 21 heavy (non-hydrogen) atoms. The fraction of sp³-hybridized carbons (Fsp3) is 0.231. The Morgan fingerprint density at radius 3 is 2.19 bits per heavy atom. The molecule has 0 fully saturated rings. The summed E-state index contributed by atoms with van der Waals surface area (Å²) < 4.78 is 4.54. The summed E-state index contributed by atoms with van der Waals surface area (Å²) >= 11 is 0. The topological polar surface area (TPSA) is 105 Å². The third kappa shape index (κ3) is 2.99. The van der Waals surface area contributed by atoms with Gasteiger partial charge in [-0.05, 0) is 19.1 Å². The van der Waals surface area contributed by atoms with Gasteiger partial charge in [-0.3, -0.25) is 24.7 Å². The molecule has 2 rings (SSSR count). The maximum atomic E-state index is 12.0. The smallest absolute Gasteiger partial charge is 0.426 e. The molecule has 0 radical (unpaired) electrons. The summed E-state index contributed by atoms with van der Waals surface area (Å²) in [5.74, 6) is -1.79. The summed E-state index contributed by atoms with van der Waals surface area (Å²) in [6.45, 7) is 1.28. The molecule has 0 saturated heterocycles. The monoisotopic (exact) mass is 291 g/mol. The molecule has 8 heteroatoms. The van der Waals surface area contributed by atoms with Gasteiger partial charge in [-0.25, -0.2) is 10.2 Å². The van der Waals surface area contributed by atoms with E-state index in [-0.39, 0.29) is 17.7 Å². The van der Waals surface area contributed by atoms with Crippen molar-refractivity contribution in [1.29, 1.82) is 0 Å². The van der Waals surface area contributed by atoms with Crippen LogP contribution in [0, 0.1) is 0 Å². The Kier molecular flexibility index (Phi) is 4.17. The van der Waals surface area contributed by atoms with E-state index in [1.54, 1.807) is 19.1 Å². The van der Waals surface area contributed by atoms with Crippen molar-refractivity contribution in [3.63, 3.8) is 0 Å². The van der Waals surface area contributed by atoms with Crippen molar-refractivity contribution < 1.29 is 23.9 Å². The largest absolute Gasteiger partial charge is 0.449 e. The molecule has 0 unspecified atom stereocenters. The molecule has 1 aromatic rings. The number of nitrogens with one attached hydrogen (secondary N) is 2. The van der Waals surface area contributed by atoms with Crippen molar-refractivity contribution in [2.45, 2.75) is 6.92 Å². The van der Waals surface area contributed by atoms with Gasteiger partial charge in [0.2, 0.25) is 0 Å². The third-order valence-electron chi connectivity index (χ3n) is 2.76. The normalized spacial score (nSPS) is 12.9. The number of hydrazine groups is 1. The van der Waals surface area contributed by atoms with Crippen molar-refractivity contribution in [3.05, 3.63) is 35.4 Å². The minimum Gasteiger partial charge on any atom is -0.449 e. The van der Waals surface area contributed by atoms with Crippen molar-refractivity contribution >= 4 is 23.8 Å². The molecular weight excluding hydrogens is 278 g/mol. The van der Waals surface area contributed by atoms with Gasteiger partial charge in [0.15, 0.2) is 0 Å². The number of carbonyl (C=O) groups is 4. The third-order valence-corrected chi connectivity index (χ3v) is 2.76. The summed E-state index contributed by atoms with van der Waals surface area (Å²) in [6.07, 6.45) is -0.826. The maximum absolute atomic E-state index is 12.0. The summed E-state index contributed by atoms with van der Waals surface area (Å²) in [7, 11) is 0. The number of ether oxygens (including phenoxy) is 1. The van der Waals surface area contributed by atoms with E-state index in [1.807, 2.05) is 5.43 Å². The molecule has 0 bridgehead atoms. The van der Waals surface area contributed by atoms with Gasteiger partial charge < -0.3 is 4.74 Å². The lowest BCUT2D eigenvalue weighted by atomic mass is 10.1. The van der Waals surface area contributed by atoms with Crippen LogP contribution in [0.25, 0.3) is 0 Å². The maximum Gasteiger partial charge on any atom is 0.426 e. The number of rotatable bonds is 3. The molecule has 0 aliphatic carbocycles. The Morgan fingerprint density at radius 2 is 1.67 bits per heavy atom. The Hall–Kier alpha value is -2.90. The fourth-order valence-electron chi connectivity index (χ4n) is 1.85. The Balaban J connectivity index is 1.96.